The minimum Gasteiger partial charge on any atom is -0.399 e. The van der Waals surface area contributed by atoms with Crippen LogP contribution in [0, 0.1) is 0 Å². The molecular weight excluding hydrogens is 242 g/mol. The molecule has 0 saturated carbocycles. The van der Waals surface area contributed by atoms with Crippen LogP contribution < -0.4 is 16.4 Å². The van der Waals surface area contributed by atoms with E-state index in [0.717, 1.165) is 31.4 Å². The lowest BCUT2D eigenvalue weighted by atomic mass is 9.97. The van der Waals surface area contributed by atoms with Crippen molar-refractivity contribution in [3.05, 3.63) is 23.8 Å². The Morgan fingerprint density at radius 3 is 2.47 bits per heavy atom. The molecule has 1 aromatic carbocycles. The number of hydrogen-bond donors (Lipinski definition) is 3. The van der Waals surface area contributed by atoms with Crippen molar-refractivity contribution in [1.82, 2.24) is 0 Å². The third-order valence-corrected chi connectivity index (χ3v) is 4.27. The monoisotopic (exact) mass is 261 g/mol. The van der Waals surface area contributed by atoms with Crippen molar-refractivity contribution >= 4 is 17.3 Å². The Hall–Kier alpha value is -1.75. The van der Waals surface area contributed by atoms with Crippen LogP contribution in [0.1, 0.15) is 36.0 Å². The van der Waals surface area contributed by atoms with E-state index >= 15 is 0 Å². The van der Waals surface area contributed by atoms with Crippen molar-refractivity contribution in [2.75, 3.05) is 10.6 Å². The minimum atomic E-state index is -0.451. The Morgan fingerprint density at radius 1 is 1.26 bits per heavy atom. The van der Waals surface area contributed by atoms with Gasteiger partial charge in [-0.3, -0.25) is 4.79 Å². The highest BCUT2D eigenvalue weighted by atomic mass is 16.3. The third kappa shape index (κ3) is 2.04. The summed E-state index contributed by atoms with van der Waals surface area (Å²) in [4.78, 5) is 13.9. The summed E-state index contributed by atoms with van der Waals surface area (Å²) < 4.78 is 0. The number of hydrogen-bond acceptors (Lipinski definition) is 4. The molecule has 2 aliphatic rings. The molecule has 0 aliphatic carbocycles. The Bertz CT molecular complexity index is 503. The smallest absolute Gasteiger partial charge is 0.250 e. The molecule has 2 atom stereocenters. The van der Waals surface area contributed by atoms with E-state index in [1.54, 1.807) is 12.1 Å². The number of aliphatic hydroxyl groups excluding tert-OH is 1. The van der Waals surface area contributed by atoms with Crippen LogP contribution in [0.4, 0.5) is 11.4 Å². The molecule has 19 heavy (non-hydrogen) atoms. The number of piperidine rings is 1. The highest BCUT2D eigenvalue weighted by Crippen LogP contribution is 2.40. The molecule has 0 spiro atoms. The summed E-state index contributed by atoms with van der Waals surface area (Å²) in [5.74, 6) is -0.451. The number of rotatable bonds is 2. The number of aliphatic hydroxyl groups is 1. The van der Waals surface area contributed by atoms with Gasteiger partial charge >= 0.3 is 0 Å². The number of anilines is 2. The average molecular weight is 261 g/mol. The van der Waals surface area contributed by atoms with Gasteiger partial charge in [-0.2, -0.15) is 0 Å². The zero-order valence-electron chi connectivity index (χ0n) is 10.7. The molecule has 2 fully saturated rings. The summed E-state index contributed by atoms with van der Waals surface area (Å²) in [6.45, 7) is 0. The first-order valence-electron chi connectivity index (χ1n) is 6.72. The topological polar surface area (TPSA) is 92.6 Å². The number of carbonyl (C=O) groups is 1. The van der Waals surface area contributed by atoms with E-state index in [4.69, 9.17) is 11.5 Å². The van der Waals surface area contributed by atoms with Crippen LogP contribution in [-0.2, 0) is 0 Å². The minimum absolute atomic E-state index is 0.223. The van der Waals surface area contributed by atoms with Gasteiger partial charge in [0.1, 0.15) is 0 Å². The number of benzene rings is 1. The van der Waals surface area contributed by atoms with Crippen LogP contribution in [0.5, 0.6) is 0 Å². The van der Waals surface area contributed by atoms with E-state index in [9.17, 15) is 9.90 Å². The van der Waals surface area contributed by atoms with Crippen molar-refractivity contribution < 1.29 is 9.90 Å². The number of amides is 1. The summed E-state index contributed by atoms with van der Waals surface area (Å²) >= 11 is 0. The molecule has 5 heteroatoms. The van der Waals surface area contributed by atoms with E-state index in [1.165, 1.54) is 0 Å². The molecule has 2 aliphatic heterocycles. The zero-order chi connectivity index (χ0) is 13.6. The Balaban J connectivity index is 2.01. The number of primary amides is 1. The molecule has 5 nitrogen and oxygen atoms in total. The molecule has 0 aromatic heterocycles. The first-order valence-corrected chi connectivity index (χ1v) is 6.72. The SMILES string of the molecule is NC(=O)c1cc(N)ccc1N1C2CCC1CC(O)C2. The van der Waals surface area contributed by atoms with Crippen molar-refractivity contribution in [2.45, 2.75) is 43.9 Å². The third-order valence-electron chi connectivity index (χ3n) is 4.27. The molecule has 2 heterocycles. The zero-order valence-corrected chi connectivity index (χ0v) is 10.7. The van der Waals surface area contributed by atoms with Gasteiger partial charge in [0, 0.05) is 17.8 Å². The van der Waals surface area contributed by atoms with Gasteiger partial charge in [-0.05, 0) is 43.9 Å². The summed E-state index contributed by atoms with van der Waals surface area (Å²) in [6.07, 6.45) is 3.42. The molecule has 2 bridgehead atoms. The Kier molecular flexibility index (Phi) is 2.86. The van der Waals surface area contributed by atoms with Crippen LogP contribution in [0.3, 0.4) is 0 Å². The lowest BCUT2D eigenvalue weighted by Gasteiger charge is -2.39. The van der Waals surface area contributed by atoms with E-state index in [2.05, 4.69) is 4.90 Å². The second-order valence-electron chi connectivity index (χ2n) is 5.56. The molecule has 2 unspecified atom stereocenters. The van der Waals surface area contributed by atoms with Gasteiger partial charge in [0.05, 0.1) is 17.4 Å². The van der Waals surface area contributed by atoms with Gasteiger partial charge in [-0.1, -0.05) is 0 Å². The van der Waals surface area contributed by atoms with Crippen LogP contribution in [0.2, 0.25) is 0 Å². The van der Waals surface area contributed by atoms with Gasteiger partial charge < -0.3 is 21.5 Å². The molecule has 1 amide bonds. The quantitative estimate of drug-likeness (QED) is 0.688. The maximum atomic E-state index is 11.6. The fourth-order valence-corrected chi connectivity index (χ4v) is 3.52. The lowest BCUT2D eigenvalue weighted by Crippen LogP contribution is -2.45. The highest BCUT2D eigenvalue weighted by molar-refractivity contribution is 5.99. The maximum absolute atomic E-state index is 11.6. The summed E-state index contributed by atoms with van der Waals surface area (Å²) in [5.41, 5.74) is 13.1. The van der Waals surface area contributed by atoms with E-state index in [-0.39, 0.29) is 6.10 Å². The van der Waals surface area contributed by atoms with Crippen molar-refractivity contribution in [1.29, 1.82) is 0 Å². The van der Waals surface area contributed by atoms with E-state index in [0.29, 0.717) is 23.3 Å². The second kappa shape index (κ2) is 4.42. The van der Waals surface area contributed by atoms with Gasteiger partial charge in [0.2, 0.25) is 0 Å². The predicted octanol–water partition coefficient (Wildman–Crippen LogP) is 0.860. The largest absolute Gasteiger partial charge is 0.399 e. The van der Waals surface area contributed by atoms with Gasteiger partial charge in [0.15, 0.2) is 0 Å². The predicted molar refractivity (Wildman–Crippen MR) is 73.9 cm³/mol. The van der Waals surface area contributed by atoms with Crippen LogP contribution in [0.25, 0.3) is 0 Å². The van der Waals surface area contributed by atoms with Crippen LogP contribution in [0.15, 0.2) is 18.2 Å². The summed E-state index contributed by atoms with van der Waals surface area (Å²) in [7, 11) is 0. The van der Waals surface area contributed by atoms with E-state index < -0.39 is 5.91 Å². The van der Waals surface area contributed by atoms with Crippen molar-refractivity contribution in [2.24, 2.45) is 5.73 Å². The molecule has 102 valence electrons. The number of nitrogens with two attached hydrogens (primary N) is 2. The van der Waals surface area contributed by atoms with E-state index in [1.807, 2.05) is 6.07 Å². The molecule has 5 N–H and O–H groups in total. The number of nitrogen functional groups attached to an aromatic ring is 1. The Morgan fingerprint density at radius 2 is 1.89 bits per heavy atom. The first-order chi connectivity index (χ1) is 9.06. The number of nitrogens with zero attached hydrogens (tertiary/aromatic N) is 1. The average Bonchev–Trinajstić information content (AvgIpc) is 2.62. The molecular formula is C14H19N3O2. The maximum Gasteiger partial charge on any atom is 0.250 e. The van der Waals surface area contributed by atoms with Gasteiger partial charge in [0.25, 0.3) is 5.91 Å². The lowest BCUT2D eigenvalue weighted by molar-refractivity contribution is 0.1000. The second-order valence-corrected chi connectivity index (χ2v) is 5.56. The van der Waals surface area contributed by atoms with Crippen LogP contribution >= 0.6 is 0 Å². The number of fused-ring (bicyclic) bond motifs is 2. The number of carbonyl (C=O) groups excluding carboxylic acids is 1. The molecule has 2 saturated heterocycles. The van der Waals surface area contributed by atoms with Crippen molar-refractivity contribution in [3.8, 4) is 0 Å². The highest BCUT2D eigenvalue weighted by Gasteiger charge is 2.41. The summed E-state index contributed by atoms with van der Waals surface area (Å²) in [6, 6.07) is 5.92. The molecule has 1 aromatic rings. The fraction of sp³-hybridized carbons (Fsp3) is 0.500. The van der Waals surface area contributed by atoms with Gasteiger partial charge in [-0.15, -0.1) is 0 Å². The van der Waals surface area contributed by atoms with Crippen molar-refractivity contribution in [3.63, 3.8) is 0 Å². The normalized spacial score (nSPS) is 29.5. The summed E-state index contributed by atoms with van der Waals surface area (Å²) in [5, 5.41) is 9.84. The Labute approximate surface area is 112 Å². The fourth-order valence-electron chi connectivity index (χ4n) is 3.52. The molecule has 0 radical (unpaired) electrons. The molecule has 3 rings (SSSR count). The first kappa shape index (κ1) is 12.3. The van der Waals surface area contributed by atoms with Crippen LogP contribution in [-0.4, -0.2) is 29.2 Å². The van der Waals surface area contributed by atoms with Gasteiger partial charge in [-0.25, -0.2) is 0 Å². The standard InChI is InChI=1S/C14H19N3O2/c15-8-1-4-13(12(5-8)14(16)19)17-9-2-3-10(17)7-11(18)6-9/h1,4-5,9-11,18H,2-3,6-7,15H2,(H2,16,19).